The van der Waals surface area contributed by atoms with Crippen molar-refractivity contribution in [2.24, 2.45) is 4.99 Å². The predicted molar refractivity (Wildman–Crippen MR) is 102 cm³/mol. The van der Waals surface area contributed by atoms with Crippen LogP contribution in [0.15, 0.2) is 17.1 Å². The summed E-state index contributed by atoms with van der Waals surface area (Å²) in [5, 5.41) is 6.85. The number of nitrogens with zero attached hydrogens (tertiary/aromatic N) is 2. The number of ether oxygens (including phenoxy) is 1. The summed E-state index contributed by atoms with van der Waals surface area (Å²) in [6.45, 7) is 7.58. The summed E-state index contributed by atoms with van der Waals surface area (Å²) in [5.74, 6) is 1.96. The lowest BCUT2D eigenvalue weighted by molar-refractivity contribution is 0.0177. The van der Waals surface area contributed by atoms with E-state index in [-0.39, 0.29) is 0 Å². The molecule has 130 valence electrons. The van der Waals surface area contributed by atoms with Gasteiger partial charge in [0.1, 0.15) is 0 Å². The van der Waals surface area contributed by atoms with Gasteiger partial charge in [-0.25, -0.2) is 0 Å². The maximum atomic E-state index is 5.51. The molecule has 0 radical (unpaired) electrons. The summed E-state index contributed by atoms with van der Waals surface area (Å²) >= 11 is 3.72. The van der Waals surface area contributed by atoms with Crippen LogP contribution in [0.5, 0.6) is 0 Å². The van der Waals surface area contributed by atoms with Crippen LogP contribution in [0.1, 0.15) is 15.8 Å². The summed E-state index contributed by atoms with van der Waals surface area (Å²) in [5.41, 5.74) is 0. The fourth-order valence-corrected chi connectivity index (χ4v) is 3.94. The van der Waals surface area contributed by atoms with E-state index in [1.54, 1.807) is 0 Å². The maximum Gasteiger partial charge on any atom is 0.191 e. The molecule has 1 aromatic heterocycles. The van der Waals surface area contributed by atoms with Crippen molar-refractivity contribution in [3.8, 4) is 0 Å². The summed E-state index contributed by atoms with van der Waals surface area (Å²) < 4.78 is 5.51. The van der Waals surface area contributed by atoms with Crippen molar-refractivity contribution in [2.75, 3.05) is 58.4 Å². The predicted octanol–water partition coefficient (Wildman–Crippen LogP) is 1.96. The third kappa shape index (κ3) is 5.99. The monoisotopic (exact) mass is 356 g/mol. The van der Waals surface area contributed by atoms with E-state index in [4.69, 9.17) is 4.74 Å². The molecule has 7 heteroatoms. The number of morpholine rings is 1. The number of nitrogens with one attached hydrogen (secondary N) is 2. The average molecular weight is 357 g/mol. The lowest BCUT2D eigenvalue weighted by Gasteiger charge is -2.34. The van der Waals surface area contributed by atoms with E-state index in [9.17, 15) is 0 Å². The molecule has 1 aliphatic heterocycles. The molecule has 1 aliphatic rings. The van der Waals surface area contributed by atoms with E-state index in [1.807, 2.05) is 30.1 Å². The number of thioether (sulfide) groups is 1. The SMILES string of the molecule is CN=C(NCCSC)NCC(c1ccc(C)s1)N1CCOCC1. The molecule has 0 spiro atoms. The van der Waals surface area contributed by atoms with Gasteiger partial charge in [-0.2, -0.15) is 11.8 Å². The van der Waals surface area contributed by atoms with Gasteiger partial charge in [-0.1, -0.05) is 0 Å². The molecule has 0 aliphatic carbocycles. The normalized spacial score (nSPS) is 18.0. The molecule has 1 saturated heterocycles. The molecular weight excluding hydrogens is 328 g/mol. The number of aryl methyl sites for hydroxylation is 1. The summed E-state index contributed by atoms with van der Waals surface area (Å²) in [6.07, 6.45) is 2.12. The first kappa shape index (κ1) is 18.6. The van der Waals surface area contributed by atoms with Crippen molar-refractivity contribution in [3.63, 3.8) is 0 Å². The minimum Gasteiger partial charge on any atom is -0.379 e. The van der Waals surface area contributed by atoms with E-state index in [0.717, 1.165) is 51.1 Å². The molecule has 2 N–H and O–H groups in total. The number of hydrogen-bond donors (Lipinski definition) is 2. The average Bonchev–Trinajstić information content (AvgIpc) is 3.00. The smallest absolute Gasteiger partial charge is 0.191 e. The minimum absolute atomic E-state index is 0.372. The summed E-state index contributed by atoms with van der Waals surface area (Å²) in [4.78, 5) is 9.61. The molecule has 5 nitrogen and oxygen atoms in total. The van der Waals surface area contributed by atoms with Crippen LogP contribution >= 0.6 is 23.1 Å². The lowest BCUT2D eigenvalue weighted by atomic mass is 10.2. The zero-order chi connectivity index (χ0) is 16.5. The Bertz CT molecular complexity index is 486. The third-order valence-electron chi connectivity index (χ3n) is 3.86. The van der Waals surface area contributed by atoms with Crippen LogP contribution in [0.4, 0.5) is 0 Å². The molecule has 2 rings (SSSR count). The van der Waals surface area contributed by atoms with E-state index < -0.39 is 0 Å². The highest BCUT2D eigenvalue weighted by molar-refractivity contribution is 7.98. The maximum absolute atomic E-state index is 5.51. The Balaban J connectivity index is 1.96. The molecule has 23 heavy (non-hydrogen) atoms. The second-order valence-electron chi connectivity index (χ2n) is 5.49. The van der Waals surface area contributed by atoms with Gasteiger partial charge in [0.05, 0.1) is 19.3 Å². The molecule has 1 atom stereocenters. The van der Waals surface area contributed by atoms with Gasteiger partial charge in [0.25, 0.3) is 0 Å². The fraction of sp³-hybridized carbons (Fsp3) is 0.688. The Morgan fingerprint density at radius 1 is 1.39 bits per heavy atom. The summed E-state index contributed by atoms with van der Waals surface area (Å²) in [7, 11) is 1.83. The molecule has 0 saturated carbocycles. The van der Waals surface area contributed by atoms with Gasteiger partial charge in [-0.05, 0) is 25.3 Å². The van der Waals surface area contributed by atoms with Crippen LogP contribution in [-0.2, 0) is 4.74 Å². The lowest BCUT2D eigenvalue weighted by Crippen LogP contribution is -2.46. The van der Waals surface area contributed by atoms with Gasteiger partial charge in [0.2, 0.25) is 0 Å². The van der Waals surface area contributed by atoms with Crippen molar-refractivity contribution in [2.45, 2.75) is 13.0 Å². The van der Waals surface area contributed by atoms with Gasteiger partial charge in [0, 0.05) is 48.7 Å². The Hall–Kier alpha value is -0.760. The van der Waals surface area contributed by atoms with Gasteiger partial charge in [0.15, 0.2) is 5.96 Å². The molecule has 0 amide bonds. The minimum atomic E-state index is 0.372. The number of guanidine groups is 1. The molecule has 0 bridgehead atoms. The van der Waals surface area contributed by atoms with Gasteiger partial charge in [-0.15, -0.1) is 11.3 Å². The van der Waals surface area contributed by atoms with Crippen LogP contribution in [0.3, 0.4) is 0 Å². The molecule has 1 fully saturated rings. The van der Waals surface area contributed by atoms with E-state index in [1.165, 1.54) is 9.75 Å². The number of rotatable bonds is 7. The fourth-order valence-electron chi connectivity index (χ4n) is 2.62. The molecule has 0 aromatic carbocycles. The second-order valence-corrected chi connectivity index (χ2v) is 7.79. The first-order valence-corrected chi connectivity index (χ1v) is 10.3. The van der Waals surface area contributed by atoms with Crippen molar-refractivity contribution in [3.05, 3.63) is 21.9 Å². The first-order valence-electron chi connectivity index (χ1n) is 8.06. The topological polar surface area (TPSA) is 48.9 Å². The molecular formula is C16H28N4OS2. The van der Waals surface area contributed by atoms with Crippen LogP contribution in [0.25, 0.3) is 0 Å². The first-order chi connectivity index (χ1) is 11.2. The largest absolute Gasteiger partial charge is 0.379 e. The van der Waals surface area contributed by atoms with Crippen LogP contribution in [0.2, 0.25) is 0 Å². The van der Waals surface area contributed by atoms with E-state index >= 15 is 0 Å². The summed E-state index contributed by atoms with van der Waals surface area (Å²) in [6, 6.07) is 4.83. The van der Waals surface area contributed by atoms with Crippen molar-refractivity contribution in [1.82, 2.24) is 15.5 Å². The third-order valence-corrected chi connectivity index (χ3v) is 5.58. The number of aliphatic imine (C=N–C) groups is 1. The highest BCUT2D eigenvalue weighted by atomic mass is 32.2. The Labute approximate surface area is 147 Å². The second kappa shape index (κ2) is 10.2. The van der Waals surface area contributed by atoms with E-state index in [2.05, 4.69) is 45.8 Å². The van der Waals surface area contributed by atoms with Crippen LogP contribution in [0, 0.1) is 6.92 Å². The van der Waals surface area contributed by atoms with Crippen LogP contribution < -0.4 is 10.6 Å². The van der Waals surface area contributed by atoms with Crippen molar-refractivity contribution < 1.29 is 4.74 Å². The number of hydrogen-bond acceptors (Lipinski definition) is 5. The van der Waals surface area contributed by atoms with Gasteiger partial charge in [-0.3, -0.25) is 9.89 Å². The highest BCUT2D eigenvalue weighted by Crippen LogP contribution is 2.27. The molecule has 2 heterocycles. The van der Waals surface area contributed by atoms with Crippen molar-refractivity contribution in [1.29, 1.82) is 0 Å². The Kier molecular flexibility index (Phi) is 8.22. The Morgan fingerprint density at radius 2 is 2.17 bits per heavy atom. The van der Waals surface area contributed by atoms with E-state index in [0.29, 0.717) is 6.04 Å². The highest BCUT2D eigenvalue weighted by Gasteiger charge is 2.24. The zero-order valence-electron chi connectivity index (χ0n) is 14.3. The van der Waals surface area contributed by atoms with Gasteiger partial charge >= 0.3 is 0 Å². The van der Waals surface area contributed by atoms with Crippen LogP contribution in [-0.4, -0.2) is 69.3 Å². The standard InChI is InChI=1S/C16H28N4OS2/c1-13-4-5-15(23-13)14(20-7-9-21-10-8-20)12-19-16(17-2)18-6-11-22-3/h4-5,14H,6-12H2,1-3H3,(H2,17,18,19). The molecule has 1 aromatic rings. The zero-order valence-corrected chi connectivity index (χ0v) is 15.9. The van der Waals surface area contributed by atoms with Crippen molar-refractivity contribution >= 4 is 29.1 Å². The number of thiophene rings is 1. The Morgan fingerprint density at radius 3 is 2.78 bits per heavy atom. The quantitative estimate of drug-likeness (QED) is 0.444. The molecule has 1 unspecified atom stereocenters. The van der Waals surface area contributed by atoms with Gasteiger partial charge < -0.3 is 15.4 Å².